The predicted molar refractivity (Wildman–Crippen MR) is 109 cm³/mol. The molecule has 4 rings (SSSR count). The van der Waals surface area contributed by atoms with Gasteiger partial charge in [-0.2, -0.15) is 0 Å². The quantitative estimate of drug-likeness (QED) is 0.731. The average Bonchev–Trinajstić information content (AvgIpc) is 3.25. The third-order valence-electron chi connectivity index (χ3n) is 5.47. The van der Waals surface area contributed by atoms with Crippen LogP contribution in [0.1, 0.15) is 36.1 Å². The predicted octanol–water partition coefficient (Wildman–Crippen LogP) is 4.19. The maximum atomic E-state index is 13.4. The van der Waals surface area contributed by atoms with Crippen molar-refractivity contribution in [2.75, 3.05) is 32.8 Å². The van der Waals surface area contributed by atoms with Gasteiger partial charge in [0.2, 0.25) is 5.91 Å². The molecule has 0 bridgehead atoms. The number of benzene rings is 2. The lowest BCUT2D eigenvalue weighted by Crippen LogP contribution is -2.47. The molecule has 0 aliphatic carbocycles. The lowest BCUT2D eigenvalue weighted by atomic mass is 10.0. The van der Waals surface area contributed by atoms with Gasteiger partial charge in [-0.1, -0.05) is 58.4 Å². The van der Waals surface area contributed by atoms with Gasteiger partial charge in [-0.15, -0.1) is 0 Å². The second-order valence-corrected chi connectivity index (χ2v) is 8.17. The van der Waals surface area contributed by atoms with Crippen LogP contribution in [-0.4, -0.2) is 48.5 Å². The minimum absolute atomic E-state index is 0.00978. The van der Waals surface area contributed by atoms with Crippen molar-refractivity contribution in [2.45, 2.75) is 25.0 Å². The first kappa shape index (κ1) is 18.7. The molecule has 1 amide bonds. The summed E-state index contributed by atoms with van der Waals surface area (Å²) in [6.07, 6.45) is 2.21. The van der Waals surface area contributed by atoms with Gasteiger partial charge in [0.1, 0.15) is 6.04 Å². The fourth-order valence-electron chi connectivity index (χ4n) is 4.04. The van der Waals surface area contributed by atoms with Gasteiger partial charge in [0.15, 0.2) is 0 Å². The number of ether oxygens (including phenoxy) is 1. The summed E-state index contributed by atoms with van der Waals surface area (Å²) in [7, 11) is 0. The molecule has 2 atom stereocenters. The molecule has 2 unspecified atom stereocenters. The summed E-state index contributed by atoms with van der Waals surface area (Å²) in [6.45, 7) is 3.88. The number of nitrogens with zero attached hydrogens (tertiary/aromatic N) is 2. The van der Waals surface area contributed by atoms with E-state index in [1.807, 2.05) is 35.2 Å². The molecule has 5 heteroatoms. The normalized spacial score (nSPS) is 22.0. The minimum Gasteiger partial charge on any atom is -0.371 e. The molecule has 27 heavy (non-hydrogen) atoms. The molecule has 0 N–H and O–H groups in total. The molecule has 0 aromatic heterocycles. The summed E-state index contributed by atoms with van der Waals surface area (Å²) >= 11 is 3.49. The molecule has 0 radical (unpaired) electrons. The topological polar surface area (TPSA) is 32.8 Å². The highest BCUT2D eigenvalue weighted by Gasteiger charge is 2.35. The summed E-state index contributed by atoms with van der Waals surface area (Å²) in [5, 5.41) is 0. The van der Waals surface area contributed by atoms with Gasteiger partial charge in [-0.3, -0.25) is 9.69 Å². The van der Waals surface area contributed by atoms with E-state index in [1.54, 1.807) is 0 Å². The second-order valence-electron chi connectivity index (χ2n) is 7.25. The fraction of sp³-hybridized carbons (Fsp3) is 0.409. The number of amides is 1. The van der Waals surface area contributed by atoms with Crippen molar-refractivity contribution in [3.8, 4) is 0 Å². The van der Waals surface area contributed by atoms with E-state index >= 15 is 0 Å². The first-order valence-corrected chi connectivity index (χ1v) is 10.5. The Hall–Kier alpha value is -1.69. The molecule has 2 aromatic rings. The smallest absolute Gasteiger partial charge is 0.244 e. The zero-order chi connectivity index (χ0) is 18.6. The number of carbonyl (C=O) groups excluding carboxylic acids is 1. The number of carbonyl (C=O) groups is 1. The summed E-state index contributed by atoms with van der Waals surface area (Å²) < 4.78 is 7.10. The average molecular weight is 429 g/mol. The van der Waals surface area contributed by atoms with Crippen LogP contribution in [-0.2, 0) is 9.53 Å². The van der Waals surface area contributed by atoms with Crippen LogP contribution in [0.4, 0.5) is 0 Å². The Morgan fingerprint density at radius 2 is 1.70 bits per heavy atom. The standard InChI is InChI=1S/C22H25BrN2O2/c23-19-10-8-17(9-11-19)20-16-25(14-15-27-20)21(18-6-2-1-3-7-18)22(26)24-12-4-5-13-24/h1-3,6-11,20-21H,4-5,12-16H2. The van der Waals surface area contributed by atoms with Crippen molar-refractivity contribution in [1.82, 2.24) is 9.80 Å². The van der Waals surface area contributed by atoms with Gasteiger partial charge in [-0.05, 0) is 36.1 Å². The van der Waals surface area contributed by atoms with Crippen LogP contribution in [0.25, 0.3) is 0 Å². The summed E-state index contributed by atoms with van der Waals surface area (Å²) in [5.41, 5.74) is 2.23. The van der Waals surface area contributed by atoms with Gasteiger partial charge < -0.3 is 9.64 Å². The zero-order valence-corrected chi connectivity index (χ0v) is 17.0. The SMILES string of the molecule is O=C(C(c1ccccc1)N1CCOC(c2ccc(Br)cc2)C1)N1CCCC1. The van der Waals surface area contributed by atoms with Crippen molar-refractivity contribution >= 4 is 21.8 Å². The van der Waals surface area contributed by atoms with Crippen molar-refractivity contribution in [3.63, 3.8) is 0 Å². The highest BCUT2D eigenvalue weighted by Crippen LogP contribution is 2.31. The Balaban J connectivity index is 1.59. The van der Waals surface area contributed by atoms with Crippen LogP contribution in [0.5, 0.6) is 0 Å². The number of morpholine rings is 1. The number of hydrogen-bond donors (Lipinski definition) is 0. The van der Waals surface area contributed by atoms with Crippen LogP contribution >= 0.6 is 15.9 Å². The van der Waals surface area contributed by atoms with Crippen LogP contribution < -0.4 is 0 Å². The molecule has 2 heterocycles. The van der Waals surface area contributed by atoms with Crippen molar-refractivity contribution in [2.24, 2.45) is 0 Å². The van der Waals surface area contributed by atoms with Crippen molar-refractivity contribution in [3.05, 3.63) is 70.2 Å². The van der Waals surface area contributed by atoms with Crippen LogP contribution in [0.2, 0.25) is 0 Å². The first-order valence-electron chi connectivity index (χ1n) is 9.67. The van der Waals surface area contributed by atoms with Gasteiger partial charge in [-0.25, -0.2) is 0 Å². The molecule has 4 nitrogen and oxygen atoms in total. The van der Waals surface area contributed by atoms with Crippen molar-refractivity contribution in [1.29, 1.82) is 0 Å². The highest BCUT2D eigenvalue weighted by molar-refractivity contribution is 9.10. The van der Waals surface area contributed by atoms with E-state index < -0.39 is 0 Å². The highest BCUT2D eigenvalue weighted by atomic mass is 79.9. The van der Waals surface area contributed by atoms with Crippen LogP contribution in [0, 0.1) is 0 Å². The van der Waals surface area contributed by atoms with E-state index in [-0.39, 0.29) is 18.1 Å². The molecule has 2 fully saturated rings. The van der Waals surface area contributed by atoms with E-state index in [9.17, 15) is 4.79 Å². The van der Waals surface area contributed by atoms with Gasteiger partial charge in [0.05, 0.1) is 12.7 Å². The Morgan fingerprint density at radius 1 is 1.00 bits per heavy atom. The van der Waals surface area contributed by atoms with Crippen LogP contribution in [0.3, 0.4) is 0 Å². The molecular weight excluding hydrogens is 404 g/mol. The summed E-state index contributed by atoms with van der Waals surface area (Å²) in [6, 6.07) is 18.2. The lowest BCUT2D eigenvalue weighted by molar-refractivity contribution is -0.140. The van der Waals surface area contributed by atoms with E-state index in [1.165, 1.54) is 0 Å². The Morgan fingerprint density at radius 3 is 2.41 bits per heavy atom. The van der Waals surface area contributed by atoms with E-state index in [0.29, 0.717) is 6.61 Å². The van der Waals surface area contributed by atoms with Gasteiger partial charge in [0, 0.05) is 30.7 Å². The second kappa shape index (κ2) is 8.55. The Bertz CT molecular complexity index is 760. The van der Waals surface area contributed by atoms with E-state index in [0.717, 1.165) is 54.6 Å². The van der Waals surface area contributed by atoms with Crippen molar-refractivity contribution < 1.29 is 9.53 Å². The maximum Gasteiger partial charge on any atom is 0.244 e. The number of likely N-dealkylation sites (tertiary alicyclic amines) is 1. The van der Waals surface area contributed by atoms with Gasteiger partial charge >= 0.3 is 0 Å². The summed E-state index contributed by atoms with van der Waals surface area (Å²) in [5.74, 6) is 0.232. The third-order valence-corrected chi connectivity index (χ3v) is 6.00. The van der Waals surface area contributed by atoms with Crippen LogP contribution in [0.15, 0.2) is 59.1 Å². The molecular formula is C22H25BrN2O2. The Labute approximate surface area is 169 Å². The molecule has 142 valence electrons. The lowest BCUT2D eigenvalue weighted by Gasteiger charge is -2.39. The minimum atomic E-state index is -0.230. The molecule has 0 spiro atoms. The first-order chi connectivity index (χ1) is 13.2. The van der Waals surface area contributed by atoms with Gasteiger partial charge in [0.25, 0.3) is 0 Å². The van der Waals surface area contributed by atoms with E-state index in [2.05, 4.69) is 45.1 Å². The number of rotatable bonds is 4. The van der Waals surface area contributed by atoms with E-state index in [4.69, 9.17) is 4.74 Å². The third kappa shape index (κ3) is 4.26. The zero-order valence-electron chi connectivity index (χ0n) is 15.4. The molecule has 2 aromatic carbocycles. The number of hydrogen-bond acceptors (Lipinski definition) is 3. The molecule has 2 aliphatic heterocycles. The maximum absolute atomic E-state index is 13.4. The molecule has 2 saturated heterocycles. The monoisotopic (exact) mass is 428 g/mol. The Kier molecular flexibility index (Phi) is 5.91. The molecule has 0 saturated carbocycles. The largest absolute Gasteiger partial charge is 0.371 e. The molecule has 2 aliphatic rings. The fourth-order valence-corrected chi connectivity index (χ4v) is 4.30. The number of halogens is 1. The summed E-state index contributed by atoms with van der Waals surface area (Å²) in [4.78, 5) is 17.7.